The van der Waals surface area contributed by atoms with Crippen LogP contribution in [0.15, 0.2) is 11.6 Å². The van der Waals surface area contributed by atoms with Crippen LogP contribution < -0.4 is 0 Å². The molecule has 1 saturated heterocycles. The third-order valence-corrected chi connectivity index (χ3v) is 4.96. The number of nitriles is 1. The highest BCUT2D eigenvalue weighted by Crippen LogP contribution is 2.52. The van der Waals surface area contributed by atoms with Gasteiger partial charge < -0.3 is 9.64 Å². The van der Waals surface area contributed by atoms with Gasteiger partial charge in [-0.3, -0.25) is 4.79 Å². The third kappa shape index (κ3) is 3.12. The highest BCUT2D eigenvalue weighted by Gasteiger charge is 2.54. The Bertz CT molecular complexity index is 607. The van der Waals surface area contributed by atoms with E-state index in [0.717, 1.165) is 6.42 Å². The molecular formula is C18H26N2O3. The van der Waals surface area contributed by atoms with Crippen LogP contribution in [0.25, 0.3) is 0 Å². The Labute approximate surface area is 138 Å². The van der Waals surface area contributed by atoms with Crippen molar-refractivity contribution in [3.05, 3.63) is 11.6 Å². The van der Waals surface area contributed by atoms with Crippen LogP contribution in [-0.4, -0.2) is 35.5 Å². The van der Waals surface area contributed by atoms with Crippen LogP contribution in [0.4, 0.5) is 4.79 Å². The minimum Gasteiger partial charge on any atom is -0.444 e. The number of carbonyl (C=O) groups is 2. The van der Waals surface area contributed by atoms with E-state index in [2.05, 4.69) is 0 Å². The van der Waals surface area contributed by atoms with Gasteiger partial charge >= 0.3 is 6.09 Å². The van der Waals surface area contributed by atoms with Gasteiger partial charge in [0.25, 0.3) is 0 Å². The van der Waals surface area contributed by atoms with Gasteiger partial charge in [-0.25, -0.2) is 4.79 Å². The lowest BCUT2D eigenvalue weighted by molar-refractivity contribution is -0.131. The van der Waals surface area contributed by atoms with Gasteiger partial charge in [0, 0.05) is 23.9 Å². The first-order valence-corrected chi connectivity index (χ1v) is 8.06. The van der Waals surface area contributed by atoms with Crippen molar-refractivity contribution in [3.63, 3.8) is 0 Å². The Morgan fingerprint density at radius 1 is 1.39 bits per heavy atom. The summed E-state index contributed by atoms with van der Waals surface area (Å²) < 4.78 is 5.46. The van der Waals surface area contributed by atoms with Crippen LogP contribution in [0.1, 0.15) is 48.0 Å². The molecule has 0 aromatic rings. The number of hydrogen-bond acceptors (Lipinski definition) is 4. The summed E-state index contributed by atoms with van der Waals surface area (Å²) in [6, 6.07) is 2.03. The minimum absolute atomic E-state index is 0.0896. The number of allylic oxidation sites excluding steroid dienone is 1. The number of fused-ring (bicyclic) bond motifs is 1. The monoisotopic (exact) mass is 318 g/mol. The summed E-state index contributed by atoms with van der Waals surface area (Å²) in [5.74, 6) is 0.0199. The average molecular weight is 318 g/mol. The molecule has 1 aliphatic heterocycles. The summed E-state index contributed by atoms with van der Waals surface area (Å²) >= 11 is 0. The number of nitrogens with zero attached hydrogens (tertiary/aromatic N) is 2. The van der Waals surface area contributed by atoms with Crippen molar-refractivity contribution in [2.45, 2.75) is 53.6 Å². The maximum Gasteiger partial charge on any atom is 0.410 e. The SMILES string of the molecule is CC(C)(C)OC(=O)N1CC[C@H]2C(C)(C)C(=O)C(C#N)=C[C@]2(C)C1. The first-order valence-electron chi connectivity index (χ1n) is 8.06. The fraction of sp³-hybridized carbons (Fsp3) is 0.722. The van der Waals surface area contributed by atoms with Crippen molar-refractivity contribution in [2.75, 3.05) is 13.1 Å². The zero-order valence-electron chi connectivity index (χ0n) is 14.9. The Balaban J connectivity index is 2.31. The van der Waals surface area contributed by atoms with Crippen LogP contribution >= 0.6 is 0 Å². The zero-order valence-corrected chi connectivity index (χ0v) is 14.9. The maximum atomic E-state index is 12.5. The number of Topliss-reactive ketones (excluding diaryl/α,β-unsaturated/α-hetero) is 1. The van der Waals surface area contributed by atoms with Gasteiger partial charge in [-0.2, -0.15) is 5.26 Å². The highest BCUT2D eigenvalue weighted by atomic mass is 16.6. The Morgan fingerprint density at radius 2 is 2.00 bits per heavy atom. The third-order valence-electron chi connectivity index (χ3n) is 4.96. The first-order chi connectivity index (χ1) is 10.4. The maximum absolute atomic E-state index is 12.5. The second-order valence-electron chi connectivity index (χ2n) is 8.47. The fourth-order valence-corrected chi connectivity index (χ4v) is 4.01. The molecule has 0 aromatic carbocycles. The number of hydrogen-bond donors (Lipinski definition) is 0. The van der Waals surface area contributed by atoms with Gasteiger partial charge in [0.05, 0.1) is 5.57 Å². The van der Waals surface area contributed by atoms with Gasteiger partial charge in [-0.1, -0.05) is 26.8 Å². The molecule has 5 nitrogen and oxygen atoms in total. The molecule has 1 heterocycles. The second-order valence-corrected chi connectivity index (χ2v) is 8.47. The van der Waals surface area contributed by atoms with Gasteiger partial charge in [-0.05, 0) is 33.1 Å². The van der Waals surface area contributed by atoms with E-state index in [1.165, 1.54) is 0 Å². The van der Waals surface area contributed by atoms with Crippen molar-refractivity contribution in [1.29, 1.82) is 5.26 Å². The smallest absolute Gasteiger partial charge is 0.410 e. The molecular weight excluding hydrogens is 292 g/mol. The largest absolute Gasteiger partial charge is 0.444 e. The van der Waals surface area contributed by atoms with E-state index in [1.807, 2.05) is 47.6 Å². The molecule has 2 rings (SSSR count). The quantitative estimate of drug-likeness (QED) is 0.687. The van der Waals surface area contributed by atoms with E-state index < -0.39 is 16.4 Å². The Kier molecular flexibility index (Phi) is 4.09. The number of carbonyl (C=O) groups excluding carboxylic acids is 2. The van der Waals surface area contributed by atoms with E-state index in [-0.39, 0.29) is 23.4 Å². The predicted octanol–water partition coefficient (Wildman–Crippen LogP) is 3.31. The summed E-state index contributed by atoms with van der Waals surface area (Å²) in [6.45, 7) is 12.4. The van der Waals surface area contributed by atoms with Crippen molar-refractivity contribution < 1.29 is 14.3 Å². The van der Waals surface area contributed by atoms with Gasteiger partial charge in [0.1, 0.15) is 11.7 Å². The lowest BCUT2D eigenvalue weighted by Crippen LogP contribution is -2.57. The number of rotatable bonds is 0. The lowest BCUT2D eigenvalue weighted by Gasteiger charge is -2.52. The van der Waals surface area contributed by atoms with Crippen LogP contribution in [-0.2, 0) is 9.53 Å². The summed E-state index contributed by atoms with van der Waals surface area (Å²) in [5.41, 5.74) is -1.31. The van der Waals surface area contributed by atoms with E-state index in [9.17, 15) is 14.9 Å². The average Bonchev–Trinajstić information content (AvgIpc) is 2.40. The molecule has 2 atom stereocenters. The minimum atomic E-state index is -0.589. The molecule has 2 aliphatic rings. The van der Waals surface area contributed by atoms with Crippen molar-refractivity contribution >= 4 is 11.9 Å². The molecule has 0 radical (unpaired) electrons. The van der Waals surface area contributed by atoms with Crippen molar-refractivity contribution in [1.82, 2.24) is 4.90 Å². The van der Waals surface area contributed by atoms with E-state index in [4.69, 9.17) is 4.74 Å². The molecule has 0 aromatic heterocycles. The molecule has 0 saturated carbocycles. The normalized spacial score (nSPS) is 30.1. The van der Waals surface area contributed by atoms with Gasteiger partial charge in [-0.15, -0.1) is 0 Å². The van der Waals surface area contributed by atoms with Crippen LogP contribution in [0.5, 0.6) is 0 Å². The number of amides is 1. The predicted molar refractivity (Wildman–Crippen MR) is 86.5 cm³/mol. The number of likely N-dealkylation sites (tertiary alicyclic amines) is 1. The van der Waals surface area contributed by atoms with Gasteiger partial charge in [0.15, 0.2) is 5.78 Å². The zero-order chi connectivity index (χ0) is 17.6. The van der Waals surface area contributed by atoms with E-state index in [0.29, 0.717) is 13.1 Å². The fourth-order valence-electron chi connectivity index (χ4n) is 4.01. The molecule has 0 unspecified atom stereocenters. The van der Waals surface area contributed by atoms with Crippen LogP contribution in [0.3, 0.4) is 0 Å². The van der Waals surface area contributed by atoms with Crippen molar-refractivity contribution in [3.8, 4) is 6.07 Å². The molecule has 1 amide bonds. The molecule has 5 heteroatoms. The molecule has 126 valence electrons. The Hall–Kier alpha value is -1.83. The molecule has 1 fully saturated rings. The molecule has 0 bridgehead atoms. The van der Waals surface area contributed by atoms with Crippen LogP contribution in [0, 0.1) is 28.1 Å². The van der Waals surface area contributed by atoms with E-state index in [1.54, 1.807) is 11.0 Å². The van der Waals surface area contributed by atoms with Crippen LogP contribution in [0.2, 0.25) is 0 Å². The Morgan fingerprint density at radius 3 is 2.52 bits per heavy atom. The lowest BCUT2D eigenvalue weighted by atomic mass is 9.55. The topological polar surface area (TPSA) is 70.4 Å². The van der Waals surface area contributed by atoms with Crippen molar-refractivity contribution in [2.24, 2.45) is 16.7 Å². The molecule has 1 aliphatic carbocycles. The standard InChI is InChI=1S/C18H26N2O3/c1-16(2,3)23-15(22)20-8-7-13-17(4,5)14(21)12(10-19)9-18(13,6)11-20/h9,13H,7-8,11H2,1-6H3/t13-,18+/m0/s1. The summed E-state index contributed by atoms with van der Waals surface area (Å²) in [4.78, 5) is 26.5. The number of ketones is 1. The number of ether oxygens (including phenoxy) is 1. The first kappa shape index (κ1) is 17.5. The summed E-state index contributed by atoms with van der Waals surface area (Å²) in [6.07, 6.45) is 2.16. The number of piperidine rings is 1. The summed E-state index contributed by atoms with van der Waals surface area (Å²) in [7, 11) is 0. The molecule has 23 heavy (non-hydrogen) atoms. The summed E-state index contributed by atoms with van der Waals surface area (Å²) in [5, 5.41) is 9.28. The second kappa shape index (κ2) is 5.36. The molecule has 0 N–H and O–H groups in total. The van der Waals surface area contributed by atoms with E-state index >= 15 is 0 Å². The highest BCUT2D eigenvalue weighted by molar-refractivity contribution is 6.04. The molecule has 0 spiro atoms. The van der Waals surface area contributed by atoms with Gasteiger partial charge in [0.2, 0.25) is 0 Å².